The topological polar surface area (TPSA) is 126 Å². The van der Waals surface area contributed by atoms with Crippen LogP contribution in [0.5, 0.6) is 0 Å². The number of hydrogen-bond donors (Lipinski definition) is 0. The van der Waals surface area contributed by atoms with Crippen molar-refractivity contribution in [3.8, 4) is 0 Å². The van der Waals surface area contributed by atoms with E-state index in [1.54, 1.807) is 0 Å². The van der Waals surface area contributed by atoms with Gasteiger partial charge in [-0.05, 0) is 0 Å². The summed E-state index contributed by atoms with van der Waals surface area (Å²) in [6.07, 6.45) is 0. The first-order valence-corrected chi connectivity index (χ1v) is 0. The predicted molar refractivity (Wildman–Crippen MR) is 21.6 cm³/mol. The maximum atomic E-state index is 0. The van der Waals surface area contributed by atoms with Crippen LogP contribution in [-0.2, 0) is 0 Å². The molecule has 0 rings (SSSR count). The van der Waals surface area contributed by atoms with Crippen LogP contribution in [0.15, 0.2) is 0 Å². The van der Waals surface area contributed by atoms with E-state index >= 15 is 0 Å². The van der Waals surface area contributed by atoms with Crippen molar-refractivity contribution in [2.24, 2.45) is 0 Å². The molecule has 0 radical (unpaired) electrons. The summed E-state index contributed by atoms with van der Waals surface area (Å²) in [6.45, 7) is 0. The Morgan fingerprint density at radius 1 is 0.400 bits per heavy atom. The van der Waals surface area contributed by atoms with Gasteiger partial charge in [0, 0.05) is 0 Å². The van der Waals surface area contributed by atoms with E-state index in [-0.39, 0.29) is 51.5 Å². The molecule has 0 aromatic carbocycles. The average Bonchev–Trinajstić information content (AvgIpc) is 0. The molecule has 4 nitrogen and oxygen atoms in total. The predicted octanol–water partition coefficient (Wildman–Crippen LogP) is -3.95. The van der Waals surface area contributed by atoms with Gasteiger partial charge in [-0.15, -0.1) is 0 Å². The minimum atomic E-state index is 0. The monoisotopic (exact) mass is 96.0 g/mol. The molecule has 0 aliphatic rings. The molecule has 0 aliphatic carbocycles. The molecule has 0 spiro atoms. The van der Waals surface area contributed by atoms with E-state index in [0.717, 1.165) is 0 Å². The molecule has 0 amide bonds. The van der Waals surface area contributed by atoms with Crippen LogP contribution in [0, 0.1) is 0 Å². The summed E-state index contributed by atoms with van der Waals surface area (Å²) in [4.78, 5) is 0. The van der Waals surface area contributed by atoms with Crippen molar-refractivity contribution < 1.29 is 21.9 Å². The molecule has 0 saturated carbocycles. The minimum absolute atomic E-state index is 0. The zero-order valence-electron chi connectivity index (χ0n) is 2.00. The maximum absolute atomic E-state index is 0. The Balaban J connectivity index is 0. The van der Waals surface area contributed by atoms with Gasteiger partial charge in [0.2, 0.25) is 0 Å². The summed E-state index contributed by atoms with van der Waals surface area (Å²) in [5.41, 5.74) is 0. The first kappa shape index (κ1) is 194. The second-order valence-corrected chi connectivity index (χ2v) is 0. The summed E-state index contributed by atoms with van der Waals surface area (Å²) in [5, 5.41) is 0. The van der Waals surface area contributed by atoms with E-state index in [9.17, 15) is 0 Å². The van der Waals surface area contributed by atoms with Crippen LogP contribution in [0.3, 0.4) is 0 Å². The van der Waals surface area contributed by atoms with Crippen LogP contribution in [0.2, 0.25) is 0 Å². The molecule has 5 heteroatoms. The van der Waals surface area contributed by atoms with E-state index in [0.29, 0.717) is 0 Å². The summed E-state index contributed by atoms with van der Waals surface area (Å²) < 4.78 is 0. The van der Waals surface area contributed by atoms with E-state index in [2.05, 4.69) is 0 Å². The molecule has 0 atom stereocenters. The van der Waals surface area contributed by atoms with Crippen molar-refractivity contribution >= 4 is 29.6 Å². The van der Waals surface area contributed by atoms with Crippen molar-refractivity contribution in [2.45, 2.75) is 0 Å². The molecule has 0 fully saturated rings. The average molecular weight is 96.1 g/mol. The number of rotatable bonds is 0. The molecule has 0 aromatic heterocycles. The van der Waals surface area contributed by atoms with Crippen LogP contribution in [0.25, 0.3) is 0 Å². The van der Waals surface area contributed by atoms with E-state index in [4.69, 9.17) is 0 Å². The standard InChI is InChI=1S/Na.4H2O.H/h;4*1H2;. The molecular weight excluding hydrogens is 87.0 g/mol. The summed E-state index contributed by atoms with van der Waals surface area (Å²) in [6, 6.07) is 0. The molecule has 0 bridgehead atoms. The summed E-state index contributed by atoms with van der Waals surface area (Å²) in [7, 11) is 0. The van der Waals surface area contributed by atoms with Crippen molar-refractivity contribution in [3.05, 3.63) is 0 Å². The van der Waals surface area contributed by atoms with Crippen LogP contribution < -0.4 is 0 Å². The van der Waals surface area contributed by atoms with Crippen molar-refractivity contribution in [3.63, 3.8) is 0 Å². The Morgan fingerprint density at radius 2 is 0.400 bits per heavy atom. The van der Waals surface area contributed by atoms with Crippen LogP contribution in [0.1, 0.15) is 0 Å². The zero-order chi connectivity index (χ0) is 0. The van der Waals surface area contributed by atoms with E-state index in [1.807, 2.05) is 0 Å². The Bertz CT molecular complexity index is 3.61. The molecular formula is H9NaO4. The summed E-state index contributed by atoms with van der Waals surface area (Å²) >= 11 is 0. The Kier molecular flexibility index (Phi) is 3920. The van der Waals surface area contributed by atoms with Crippen LogP contribution in [0.4, 0.5) is 0 Å². The third-order valence-electron chi connectivity index (χ3n) is 0. The van der Waals surface area contributed by atoms with Crippen molar-refractivity contribution in [1.82, 2.24) is 0 Å². The molecule has 0 saturated heterocycles. The van der Waals surface area contributed by atoms with Crippen LogP contribution >= 0.6 is 0 Å². The van der Waals surface area contributed by atoms with Crippen LogP contribution in [-0.4, -0.2) is 51.5 Å². The van der Waals surface area contributed by atoms with Gasteiger partial charge in [-0.1, -0.05) is 0 Å². The fraction of sp³-hybridized carbons (Fsp3) is 0. The number of hydrogen-bond acceptors (Lipinski definition) is 0. The molecule has 8 N–H and O–H groups in total. The van der Waals surface area contributed by atoms with Gasteiger partial charge >= 0.3 is 29.6 Å². The van der Waals surface area contributed by atoms with E-state index in [1.165, 1.54) is 0 Å². The Morgan fingerprint density at radius 3 is 0.400 bits per heavy atom. The van der Waals surface area contributed by atoms with Gasteiger partial charge in [0.25, 0.3) is 0 Å². The molecule has 5 heavy (non-hydrogen) atoms. The fourth-order valence-corrected chi connectivity index (χ4v) is 0. The van der Waals surface area contributed by atoms with Gasteiger partial charge in [-0.25, -0.2) is 0 Å². The normalized spacial score (nSPS) is 0. The first-order chi connectivity index (χ1) is 0. The molecule has 0 aliphatic heterocycles. The quantitative estimate of drug-likeness (QED) is 0.273. The van der Waals surface area contributed by atoms with Gasteiger partial charge < -0.3 is 21.9 Å². The summed E-state index contributed by atoms with van der Waals surface area (Å²) in [5.74, 6) is 0. The third kappa shape index (κ3) is 55.3. The van der Waals surface area contributed by atoms with E-state index < -0.39 is 0 Å². The SMILES string of the molecule is O.O.O.O.[NaH]. The molecule has 0 unspecified atom stereocenters. The van der Waals surface area contributed by atoms with Gasteiger partial charge in [0.15, 0.2) is 0 Å². The second-order valence-electron chi connectivity index (χ2n) is 0. The van der Waals surface area contributed by atoms with Crippen molar-refractivity contribution in [2.75, 3.05) is 0 Å². The van der Waals surface area contributed by atoms with Gasteiger partial charge in [-0.3, -0.25) is 0 Å². The van der Waals surface area contributed by atoms with Crippen molar-refractivity contribution in [1.29, 1.82) is 0 Å². The Hall–Kier alpha value is 0.840. The molecule has 0 heterocycles. The van der Waals surface area contributed by atoms with Gasteiger partial charge in [0.05, 0.1) is 0 Å². The fourth-order valence-electron chi connectivity index (χ4n) is 0. The first-order valence-electron chi connectivity index (χ1n) is 0. The molecule has 0 aromatic rings. The Labute approximate surface area is 51.7 Å². The van der Waals surface area contributed by atoms with Gasteiger partial charge in [0.1, 0.15) is 0 Å². The molecule has 34 valence electrons. The zero-order valence-corrected chi connectivity index (χ0v) is 2.00. The second kappa shape index (κ2) is 101. The third-order valence-corrected chi connectivity index (χ3v) is 0. The van der Waals surface area contributed by atoms with Gasteiger partial charge in [-0.2, -0.15) is 0 Å².